The molecule has 1 heterocycles. The Kier molecular flexibility index (Phi) is 5.53. The van der Waals surface area contributed by atoms with Crippen molar-refractivity contribution in [1.82, 2.24) is 15.1 Å². The zero-order valence-electron chi connectivity index (χ0n) is 15.6. The molecular formula is C18H28FN5O3. The second-order valence-corrected chi connectivity index (χ2v) is 7.93. The molecule has 8 nitrogen and oxygen atoms in total. The van der Waals surface area contributed by atoms with E-state index in [1.165, 1.54) is 4.68 Å². The van der Waals surface area contributed by atoms with Crippen LogP contribution in [-0.4, -0.2) is 50.1 Å². The summed E-state index contributed by atoms with van der Waals surface area (Å²) in [5.41, 5.74) is 3.47. The highest BCUT2D eigenvalue weighted by Gasteiger charge is 2.49. The van der Waals surface area contributed by atoms with Crippen LogP contribution in [0.5, 0.6) is 0 Å². The summed E-state index contributed by atoms with van der Waals surface area (Å²) in [6, 6.07) is 0.603. The number of aromatic nitrogens is 2. The second kappa shape index (κ2) is 7.55. The van der Waals surface area contributed by atoms with Gasteiger partial charge < -0.3 is 21.5 Å². The third-order valence-corrected chi connectivity index (χ3v) is 5.78. The molecule has 2 amide bonds. The maximum absolute atomic E-state index is 14.6. The molecule has 27 heavy (non-hydrogen) atoms. The molecular weight excluding hydrogens is 353 g/mol. The number of alkyl halides is 1. The van der Waals surface area contributed by atoms with Crippen LogP contribution in [0.25, 0.3) is 0 Å². The molecule has 0 bridgehead atoms. The Labute approximate surface area is 157 Å². The molecule has 2 aliphatic rings. The molecule has 0 saturated heterocycles. The first kappa shape index (κ1) is 19.8. The van der Waals surface area contributed by atoms with Crippen LogP contribution in [-0.2, 0) is 16.6 Å². The molecule has 9 heteroatoms. The number of nitrogens with one attached hydrogen (secondary N) is 2. The van der Waals surface area contributed by atoms with Gasteiger partial charge in [-0.05, 0) is 32.1 Å². The smallest absolute Gasteiger partial charge is 0.256 e. The zero-order chi connectivity index (χ0) is 19.7. The van der Waals surface area contributed by atoms with Gasteiger partial charge in [0.1, 0.15) is 5.67 Å². The lowest BCUT2D eigenvalue weighted by Gasteiger charge is -2.45. The van der Waals surface area contributed by atoms with Gasteiger partial charge in [0.2, 0.25) is 5.91 Å². The molecule has 2 atom stereocenters. The molecule has 2 aliphatic carbocycles. The Bertz CT molecular complexity index is 697. The normalized spacial score (nSPS) is 22.5. The van der Waals surface area contributed by atoms with Crippen LogP contribution in [0.1, 0.15) is 51.4 Å². The van der Waals surface area contributed by atoms with Crippen LogP contribution in [0, 0.1) is 0 Å². The lowest BCUT2D eigenvalue weighted by Crippen LogP contribution is -2.66. The Balaban J connectivity index is 1.60. The van der Waals surface area contributed by atoms with Gasteiger partial charge in [0.05, 0.1) is 11.6 Å². The van der Waals surface area contributed by atoms with E-state index in [0.29, 0.717) is 31.5 Å². The van der Waals surface area contributed by atoms with Gasteiger partial charge in [-0.1, -0.05) is 12.8 Å². The first-order valence-electron chi connectivity index (χ1n) is 9.48. The summed E-state index contributed by atoms with van der Waals surface area (Å²) < 4.78 is 16.1. The van der Waals surface area contributed by atoms with E-state index in [0.717, 1.165) is 19.3 Å². The number of rotatable bonds is 7. The van der Waals surface area contributed by atoms with Crippen molar-refractivity contribution in [2.24, 2.45) is 12.8 Å². The van der Waals surface area contributed by atoms with Crippen molar-refractivity contribution < 1.29 is 19.1 Å². The topological polar surface area (TPSA) is 122 Å². The molecule has 3 rings (SSSR count). The van der Waals surface area contributed by atoms with Crippen molar-refractivity contribution in [3.05, 3.63) is 12.3 Å². The maximum Gasteiger partial charge on any atom is 0.256 e. The molecule has 150 valence electrons. The summed E-state index contributed by atoms with van der Waals surface area (Å²) in [5, 5.41) is 19.8. The average molecular weight is 381 g/mol. The van der Waals surface area contributed by atoms with Gasteiger partial charge in [-0.2, -0.15) is 5.10 Å². The molecule has 2 saturated carbocycles. The molecule has 1 aromatic rings. The second-order valence-electron chi connectivity index (χ2n) is 7.93. The van der Waals surface area contributed by atoms with E-state index in [9.17, 15) is 19.1 Å². The minimum Gasteiger partial charge on any atom is -0.381 e. The van der Waals surface area contributed by atoms with Crippen LogP contribution in [0.4, 0.5) is 10.2 Å². The number of nitrogens with two attached hydrogens (primary N) is 1. The molecule has 5 N–H and O–H groups in total. The molecule has 1 aromatic heterocycles. The van der Waals surface area contributed by atoms with Gasteiger partial charge >= 0.3 is 0 Å². The number of anilines is 1. The number of carbonyl (C=O) groups excluding carboxylic acids is 2. The van der Waals surface area contributed by atoms with Crippen molar-refractivity contribution in [1.29, 1.82) is 0 Å². The predicted molar refractivity (Wildman–Crippen MR) is 97.5 cm³/mol. The Morgan fingerprint density at radius 1 is 1.30 bits per heavy atom. The monoisotopic (exact) mass is 381 g/mol. The van der Waals surface area contributed by atoms with Crippen molar-refractivity contribution in [2.45, 2.75) is 74.7 Å². The van der Waals surface area contributed by atoms with Gasteiger partial charge in [-0.25, -0.2) is 4.39 Å². The summed E-state index contributed by atoms with van der Waals surface area (Å²) in [6.07, 6.45) is 4.35. The van der Waals surface area contributed by atoms with Gasteiger partial charge in [-0.3, -0.25) is 14.3 Å². The van der Waals surface area contributed by atoms with Gasteiger partial charge in [0.25, 0.3) is 5.91 Å². The fraction of sp³-hybridized carbons (Fsp3) is 0.722. The number of halogens is 1. The van der Waals surface area contributed by atoms with Crippen LogP contribution in [0.2, 0.25) is 0 Å². The van der Waals surface area contributed by atoms with Gasteiger partial charge in [0.15, 0.2) is 11.9 Å². The molecule has 0 radical (unpaired) electrons. The summed E-state index contributed by atoms with van der Waals surface area (Å²) in [5.74, 6) is -0.844. The largest absolute Gasteiger partial charge is 0.381 e. The van der Waals surface area contributed by atoms with E-state index < -0.39 is 35.2 Å². The van der Waals surface area contributed by atoms with Crippen LogP contribution < -0.4 is 16.4 Å². The third kappa shape index (κ3) is 4.30. The Hall–Kier alpha value is -2.00. The number of amides is 2. The number of aliphatic hydroxyl groups excluding tert-OH is 1. The number of hydrogen-bond acceptors (Lipinski definition) is 5. The number of carbonyl (C=O) groups is 2. The SMILES string of the molecule is Cn1ccc(NC(=O)C(O)C2(NC(=O)[C@@H](N)CC3(F)CCCC3)CCC2)n1. The fourth-order valence-electron chi connectivity index (χ4n) is 3.99. The molecule has 1 unspecified atom stereocenters. The number of aliphatic hydroxyl groups is 1. The average Bonchev–Trinajstić information content (AvgIpc) is 3.18. The Morgan fingerprint density at radius 2 is 1.96 bits per heavy atom. The first-order valence-corrected chi connectivity index (χ1v) is 9.48. The molecule has 0 spiro atoms. The lowest BCUT2D eigenvalue weighted by atomic mass is 9.72. The first-order chi connectivity index (χ1) is 12.7. The van der Waals surface area contributed by atoms with Crippen LogP contribution in [0.15, 0.2) is 12.3 Å². The summed E-state index contributed by atoms with van der Waals surface area (Å²) in [6.45, 7) is 0. The minimum absolute atomic E-state index is 0.0366. The maximum atomic E-state index is 14.6. The van der Waals surface area contributed by atoms with E-state index in [1.54, 1.807) is 19.3 Å². The lowest BCUT2D eigenvalue weighted by molar-refractivity contribution is -0.137. The number of nitrogens with zero attached hydrogens (tertiary/aromatic N) is 2. The van der Waals surface area contributed by atoms with Gasteiger partial charge in [0, 0.05) is 25.7 Å². The standard InChI is InChI=1S/C18H28FN5O3/c1-24-10-5-13(23-24)21-16(27)14(25)18(8-4-9-18)22-15(26)12(20)11-17(19)6-2-3-7-17/h5,10,12,14,25H,2-4,6-9,11,20H2,1H3,(H,22,26)(H,21,23,27)/t12-,14?/m0/s1. The summed E-state index contributed by atoms with van der Waals surface area (Å²) in [4.78, 5) is 24.9. The van der Waals surface area contributed by atoms with Crippen molar-refractivity contribution in [3.8, 4) is 0 Å². The number of hydrogen-bond donors (Lipinski definition) is 4. The van der Waals surface area contributed by atoms with E-state index in [1.807, 2.05) is 0 Å². The van der Waals surface area contributed by atoms with E-state index in [4.69, 9.17) is 5.73 Å². The fourth-order valence-corrected chi connectivity index (χ4v) is 3.99. The molecule has 0 aromatic carbocycles. The third-order valence-electron chi connectivity index (χ3n) is 5.78. The van der Waals surface area contributed by atoms with Crippen LogP contribution >= 0.6 is 0 Å². The summed E-state index contributed by atoms with van der Waals surface area (Å²) >= 11 is 0. The summed E-state index contributed by atoms with van der Waals surface area (Å²) in [7, 11) is 1.71. The van der Waals surface area contributed by atoms with Gasteiger partial charge in [-0.15, -0.1) is 0 Å². The number of aryl methyl sites for hydroxylation is 1. The van der Waals surface area contributed by atoms with Crippen molar-refractivity contribution in [2.75, 3.05) is 5.32 Å². The predicted octanol–water partition coefficient (Wildman–Crippen LogP) is 0.758. The van der Waals surface area contributed by atoms with E-state index in [2.05, 4.69) is 15.7 Å². The zero-order valence-corrected chi connectivity index (χ0v) is 15.6. The highest BCUT2D eigenvalue weighted by atomic mass is 19.1. The highest BCUT2D eigenvalue weighted by molar-refractivity contribution is 5.95. The van der Waals surface area contributed by atoms with Crippen LogP contribution in [0.3, 0.4) is 0 Å². The molecule has 2 fully saturated rings. The minimum atomic E-state index is -1.43. The van der Waals surface area contributed by atoms with Crippen molar-refractivity contribution >= 4 is 17.6 Å². The highest BCUT2D eigenvalue weighted by Crippen LogP contribution is 2.38. The molecule has 0 aliphatic heterocycles. The van der Waals surface area contributed by atoms with E-state index >= 15 is 0 Å². The quantitative estimate of drug-likeness (QED) is 0.555. The Morgan fingerprint density at radius 3 is 2.48 bits per heavy atom. The van der Waals surface area contributed by atoms with Crippen molar-refractivity contribution in [3.63, 3.8) is 0 Å². The van der Waals surface area contributed by atoms with E-state index in [-0.39, 0.29) is 6.42 Å².